The van der Waals surface area contributed by atoms with Gasteiger partial charge in [0.05, 0.1) is 9.92 Å². The molecule has 32 heavy (non-hydrogen) atoms. The lowest BCUT2D eigenvalue weighted by atomic mass is 10.2. The SMILES string of the molecule is O=C(C=Cc1ccc(S(=O)(=O)N2CCCCCC2)cc1)OCCOc1ccc(Cl)cc1Cl. The van der Waals surface area contributed by atoms with Gasteiger partial charge in [0.1, 0.15) is 19.0 Å². The lowest BCUT2D eigenvalue weighted by Gasteiger charge is -2.19. The molecule has 2 aromatic rings. The van der Waals surface area contributed by atoms with Gasteiger partial charge in [-0.15, -0.1) is 0 Å². The van der Waals surface area contributed by atoms with Gasteiger partial charge in [-0.2, -0.15) is 4.31 Å². The van der Waals surface area contributed by atoms with Crippen LogP contribution < -0.4 is 4.74 Å². The molecule has 1 heterocycles. The zero-order valence-electron chi connectivity index (χ0n) is 17.5. The van der Waals surface area contributed by atoms with Crippen molar-refractivity contribution < 1.29 is 22.7 Å². The van der Waals surface area contributed by atoms with E-state index in [2.05, 4.69) is 0 Å². The third-order valence-electron chi connectivity index (χ3n) is 4.97. The van der Waals surface area contributed by atoms with Crippen LogP contribution in [-0.2, 0) is 19.6 Å². The minimum atomic E-state index is -3.49. The smallest absolute Gasteiger partial charge is 0.330 e. The molecule has 0 amide bonds. The normalized spacial score (nSPS) is 15.4. The van der Waals surface area contributed by atoms with Crippen LogP contribution in [0.2, 0.25) is 10.0 Å². The van der Waals surface area contributed by atoms with Gasteiger partial charge in [-0.3, -0.25) is 0 Å². The number of carbonyl (C=O) groups excluding carboxylic acids is 1. The van der Waals surface area contributed by atoms with Crippen molar-refractivity contribution in [1.29, 1.82) is 0 Å². The Bertz CT molecular complexity index is 1050. The minimum absolute atomic E-state index is 0.0507. The number of esters is 1. The van der Waals surface area contributed by atoms with Crippen molar-refractivity contribution in [2.45, 2.75) is 30.6 Å². The Morgan fingerprint density at radius 2 is 1.66 bits per heavy atom. The van der Waals surface area contributed by atoms with E-state index in [0.29, 0.717) is 34.4 Å². The lowest BCUT2D eigenvalue weighted by molar-refractivity contribution is -0.138. The van der Waals surface area contributed by atoms with Crippen LogP contribution in [0.1, 0.15) is 31.2 Å². The first-order chi connectivity index (χ1) is 15.4. The number of hydrogen-bond acceptors (Lipinski definition) is 5. The predicted octanol–water partition coefficient (Wildman–Crippen LogP) is 5.19. The highest BCUT2D eigenvalue weighted by Crippen LogP contribution is 2.27. The van der Waals surface area contributed by atoms with E-state index < -0.39 is 16.0 Å². The maximum absolute atomic E-state index is 12.8. The maximum atomic E-state index is 12.8. The molecule has 172 valence electrons. The second-order valence-corrected chi connectivity index (χ2v) is 10.1. The first-order valence-electron chi connectivity index (χ1n) is 10.4. The Labute approximate surface area is 198 Å². The summed E-state index contributed by atoms with van der Waals surface area (Å²) in [4.78, 5) is 12.2. The molecule has 2 aromatic carbocycles. The van der Waals surface area contributed by atoms with E-state index in [9.17, 15) is 13.2 Å². The zero-order valence-corrected chi connectivity index (χ0v) is 19.8. The van der Waals surface area contributed by atoms with Gasteiger partial charge in [0, 0.05) is 24.2 Å². The van der Waals surface area contributed by atoms with Gasteiger partial charge in [0.25, 0.3) is 0 Å². The molecule has 3 rings (SSSR count). The maximum Gasteiger partial charge on any atom is 0.330 e. The highest BCUT2D eigenvalue weighted by Gasteiger charge is 2.24. The number of ether oxygens (including phenoxy) is 2. The first-order valence-corrected chi connectivity index (χ1v) is 12.6. The summed E-state index contributed by atoms with van der Waals surface area (Å²) in [6.45, 7) is 1.31. The van der Waals surface area contributed by atoms with Crippen molar-refractivity contribution in [2.24, 2.45) is 0 Å². The van der Waals surface area contributed by atoms with Gasteiger partial charge in [-0.05, 0) is 54.8 Å². The molecule has 1 fully saturated rings. The Morgan fingerprint density at radius 1 is 0.969 bits per heavy atom. The van der Waals surface area contributed by atoms with Crippen molar-refractivity contribution in [3.8, 4) is 5.75 Å². The number of hydrogen-bond donors (Lipinski definition) is 0. The van der Waals surface area contributed by atoms with Crippen LogP contribution in [0.4, 0.5) is 0 Å². The van der Waals surface area contributed by atoms with Gasteiger partial charge in [0.15, 0.2) is 0 Å². The number of carbonyl (C=O) groups is 1. The van der Waals surface area contributed by atoms with Crippen molar-refractivity contribution in [3.05, 3.63) is 64.1 Å². The molecule has 0 bridgehead atoms. The molecule has 1 aliphatic heterocycles. The van der Waals surface area contributed by atoms with E-state index in [1.807, 2.05) is 0 Å². The van der Waals surface area contributed by atoms with Crippen LogP contribution in [0, 0.1) is 0 Å². The number of sulfonamides is 1. The van der Waals surface area contributed by atoms with Gasteiger partial charge in [-0.25, -0.2) is 13.2 Å². The topological polar surface area (TPSA) is 72.9 Å². The van der Waals surface area contributed by atoms with Gasteiger partial charge >= 0.3 is 5.97 Å². The van der Waals surface area contributed by atoms with Crippen LogP contribution in [0.15, 0.2) is 53.4 Å². The summed E-state index contributed by atoms with van der Waals surface area (Å²) in [6, 6.07) is 11.3. The van der Waals surface area contributed by atoms with Gasteiger partial charge in [-0.1, -0.05) is 48.2 Å². The van der Waals surface area contributed by atoms with Crippen LogP contribution in [-0.4, -0.2) is 45.0 Å². The van der Waals surface area contributed by atoms with Crippen LogP contribution in [0.5, 0.6) is 5.75 Å². The molecule has 0 radical (unpaired) electrons. The summed E-state index contributed by atoms with van der Waals surface area (Å²) in [7, 11) is -3.49. The van der Waals surface area contributed by atoms with E-state index in [1.54, 1.807) is 52.8 Å². The molecule has 6 nitrogen and oxygen atoms in total. The third kappa shape index (κ3) is 6.97. The van der Waals surface area contributed by atoms with Crippen molar-refractivity contribution in [1.82, 2.24) is 4.31 Å². The van der Waals surface area contributed by atoms with E-state index in [0.717, 1.165) is 25.7 Å². The van der Waals surface area contributed by atoms with Crippen LogP contribution in [0.3, 0.4) is 0 Å². The van der Waals surface area contributed by atoms with Gasteiger partial charge < -0.3 is 9.47 Å². The van der Waals surface area contributed by atoms with Gasteiger partial charge in [0.2, 0.25) is 10.0 Å². The molecular weight excluding hydrogens is 473 g/mol. The monoisotopic (exact) mass is 497 g/mol. The highest BCUT2D eigenvalue weighted by atomic mass is 35.5. The summed E-state index contributed by atoms with van der Waals surface area (Å²) < 4.78 is 37.7. The molecule has 1 saturated heterocycles. The summed E-state index contributed by atoms with van der Waals surface area (Å²) in [5.74, 6) is -0.0741. The lowest BCUT2D eigenvalue weighted by Crippen LogP contribution is -2.31. The molecule has 0 saturated carbocycles. The zero-order chi connectivity index (χ0) is 23.0. The van der Waals surface area contributed by atoms with E-state index in [1.165, 1.54) is 6.08 Å². The molecule has 0 aromatic heterocycles. The molecule has 0 N–H and O–H groups in total. The molecule has 9 heteroatoms. The number of benzene rings is 2. The molecule has 0 unspecified atom stereocenters. The Hall–Kier alpha value is -2.06. The van der Waals surface area contributed by atoms with Crippen molar-refractivity contribution in [2.75, 3.05) is 26.3 Å². The first kappa shape index (κ1) is 24.6. The van der Waals surface area contributed by atoms with E-state index >= 15 is 0 Å². The van der Waals surface area contributed by atoms with Crippen molar-refractivity contribution >= 4 is 45.3 Å². The minimum Gasteiger partial charge on any atom is -0.488 e. The second kappa shape index (κ2) is 11.7. The van der Waals surface area contributed by atoms with Crippen LogP contribution in [0.25, 0.3) is 6.08 Å². The number of halogens is 2. The molecule has 0 aliphatic carbocycles. The summed E-state index contributed by atoms with van der Waals surface area (Å²) in [5.41, 5.74) is 0.695. The summed E-state index contributed by atoms with van der Waals surface area (Å²) in [5, 5.41) is 0.886. The Kier molecular flexibility index (Phi) is 8.99. The fourth-order valence-electron chi connectivity index (χ4n) is 3.28. The number of rotatable bonds is 8. The Balaban J connectivity index is 1.48. The molecule has 0 spiro atoms. The average Bonchev–Trinajstić information content (AvgIpc) is 3.07. The van der Waals surface area contributed by atoms with Crippen molar-refractivity contribution in [3.63, 3.8) is 0 Å². The molecule has 1 aliphatic rings. The number of nitrogens with zero attached hydrogens (tertiary/aromatic N) is 1. The average molecular weight is 498 g/mol. The standard InChI is InChI=1S/C23H25Cl2NO5S/c24-19-8-11-22(21(25)17-19)30-15-16-31-23(27)12-7-18-5-9-20(10-6-18)32(28,29)26-13-3-1-2-4-14-26/h5-12,17H,1-4,13-16H2. The van der Waals surface area contributed by atoms with E-state index in [-0.39, 0.29) is 18.1 Å². The predicted molar refractivity (Wildman–Crippen MR) is 126 cm³/mol. The fraction of sp³-hybridized carbons (Fsp3) is 0.348. The summed E-state index contributed by atoms with van der Waals surface area (Å²) >= 11 is 11.8. The highest BCUT2D eigenvalue weighted by molar-refractivity contribution is 7.89. The molecular formula is C23H25Cl2NO5S. The quantitative estimate of drug-likeness (QED) is 0.285. The largest absolute Gasteiger partial charge is 0.488 e. The molecule has 0 atom stereocenters. The Morgan fingerprint density at radius 3 is 2.31 bits per heavy atom. The van der Waals surface area contributed by atoms with Crippen LogP contribution >= 0.6 is 23.2 Å². The summed E-state index contributed by atoms with van der Waals surface area (Å²) in [6.07, 6.45) is 6.76. The third-order valence-corrected chi connectivity index (χ3v) is 7.42. The second-order valence-electron chi connectivity index (χ2n) is 7.31. The fourth-order valence-corrected chi connectivity index (χ4v) is 5.26. The van der Waals surface area contributed by atoms with E-state index in [4.69, 9.17) is 32.7 Å².